The molecule has 0 aliphatic heterocycles. The number of aromatic nitrogens is 2. The topological polar surface area (TPSA) is 39.1 Å². The minimum Gasteiger partial charge on any atom is -0.382 e. The van der Waals surface area contributed by atoms with Gasteiger partial charge in [-0.15, -0.1) is 0 Å². The first kappa shape index (κ1) is 14.2. The summed E-state index contributed by atoms with van der Waals surface area (Å²) in [6, 6.07) is 0. The minimum absolute atomic E-state index is 0.0627. The smallest absolute Gasteiger partial charge is 0.0543 e. The number of nitrogens with one attached hydrogen (secondary N) is 1. The molecule has 1 N–H and O–H groups in total. The molecule has 0 fully saturated rings. The second-order valence-corrected chi connectivity index (χ2v) is 5.19. The number of ether oxygens (including phenoxy) is 1. The van der Waals surface area contributed by atoms with Crippen molar-refractivity contribution in [3.05, 3.63) is 18.0 Å². The van der Waals surface area contributed by atoms with E-state index in [4.69, 9.17) is 4.74 Å². The fraction of sp³-hybridized carbons (Fsp3) is 0.769. The maximum atomic E-state index is 5.28. The fourth-order valence-corrected chi connectivity index (χ4v) is 1.49. The van der Waals surface area contributed by atoms with Crippen molar-refractivity contribution in [1.82, 2.24) is 15.1 Å². The molecule has 0 unspecified atom stereocenters. The Balaban J connectivity index is 2.21. The predicted octanol–water partition coefficient (Wildman–Crippen LogP) is 2.15. The highest BCUT2D eigenvalue weighted by Gasteiger charge is 2.13. The quantitative estimate of drug-likeness (QED) is 0.741. The van der Waals surface area contributed by atoms with Crippen LogP contribution in [0, 0.1) is 0 Å². The van der Waals surface area contributed by atoms with Crippen LogP contribution in [0.3, 0.4) is 0 Å². The zero-order chi connectivity index (χ0) is 12.7. The lowest BCUT2D eigenvalue weighted by molar-refractivity contribution is 0.144. The van der Waals surface area contributed by atoms with Crippen molar-refractivity contribution in [3.8, 4) is 0 Å². The Bertz CT molecular complexity index is 315. The third-order valence-corrected chi connectivity index (χ3v) is 2.50. The SMILES string of the molecule is CCOCCCNCc1cnn(C(C)(C)C)c1. The Morgan fingerprint density at radius 3 is 2.76 bits per heavy atom. The Morgan fingerprint density at radius 1 is 1.41 bits per heavy atom. The molecule has 1 aromatic rings. The van der Waals surface area contributed by atoms with Gasteiger partial charge in [0.25, 0.3) is 0 Å². The number of hydrogen-bond acceptors (Lipinski definition) is 3. The van der Waals surface area contributed by atoms with Gasteiger partial charge in [0.15, 0.2) is 0 Å². The molecule has 0 saturated carbocycles. The zero-order valence-electron chi connectivity index (χ0n) is 11.5. The van der Waals surface area contributed by atoms with Crippen molar-refractivity contribution in [2.75, 3.05) is 19.8 Å². The van der Waals surface area contributed by atoms with Gasteiger partial charge < -0.3 is 10.1 Å². The Hall–Kier alpha value is -0.870. The molecule has 17 heavy (non-hydrogen) atoms. The second kappa shape index (κ2) is 6.77. The van der Waals surface area contributed by atoms with Crippen molar-refractivity contribution in [1.29, 1.82) is 0 Å². The summed E-state index contributed by atoms with van der Waals surface area (Å²) in [6.45, 7) is 12.0. The average molecular weight is 239 g/mol. The lowest BCUT2D eigenvalue weighted by Gasteiger charge is -2.18. The van der Waals surface area contributed by atoms with E-state index in [0.717, 1.165) is 32.7 Å². The molecule has 0 amide bonds. The lowest BCUT2D eigenvalue weighted by atomic mass is 10.1. The first-order valence-electron chi connectivity index (χ1n) is 6.36. The van der Waals surface area contributed by atoms with Crippen molar-refractivity contribution >= 4 is 0 Å². The van der Waals surface area contributed by atoms with Gasteiger partial charge in [-0.2, -0.15) is 5.10 Å². The van der Waals surface area contributed by atoms with E-state index < -0.39 is 0 Å². The molecule has 1 heterocycles. The highest BCUT2D eigenvalue weighted by Crippen LogP contribution is 2.12. The van der Waals surface area contributed by atoms with Gasteiger partial charge in [-0.05, 0) is 40.7 Å². The van der Waals surface area contributed by atoms with Crippen LogP contribution in [0.5, 0.6) is 0 Å². The van der Waals surface area contributed by atoms with Gasteiger partial charge in [-0.3, -0.25) is 4.68 Å². The first-order valence-corrected chi connectivity index (χ1v) is 6.36. The minimum atomic E-state index is 0.0627. The van der Waals surface area contributed by atoms with Gasteiger partial charge in [0, 0.05) is 31.5 Å². The fourth-order valence-electron chi connectivity index (χ4n) is 1.49. The van der Waals surface area contributed by atoms with Crippen LogP contribution in [0.2, 0.25) is 0 Å². The van der Waals surface area contributed by atoms with Gasteiger partial charge >= 0.3 is 0 Å². The van der Waals surface area contributed by atoms with Gasteiger partial charge in [-0.1, -0.05) is 0 Å². The summed E-state index contributed by atoms with van der Waals surface area (Å²) in [5, 5.41) is 7.76. The van der Waals surface area contributed by atoms with E-state index in [2.05, 4.69) is 37.4 Å². The van der Waals surface area contributed by atoms with Gasteiger partial charge in [-0.25, -0.2) is 0 Å². The third-order valence-electron chi connectivity index (χ3n) is 2.50. The highest BCUT2D eigenvalue weighted by molar-refractivity contribution is 5.04. The van der Waals surface area contributed by atoms with Crippen LogP contribution in [0.4, 0.5) is 0 Å². The van der Waals surface area contributed by atoms with Gasteiger partial charge in [0.1, 0.15) is 0 Å². The molecule has 4 heteroatoms. The molecule has 0 atom stereocenters. The van der Waals surface area contributed by atoms with E-state index in [1.165, 1.54) is 5.56 Å². The highest BCUT2D eigenvalue weighted by atomic mass is 16.5. The van der Waals surface area contributed by atoms with E-state index in [-0.39, 0.29) is 5.54 Å². The maximum Gasteiger partial charge on any atom is 0.0543 e. The summed E-state index contributed by atoms with van der Waals surface area (Å²) >= 11 is 0. The molecule has 0 bridgehead atoms. The monoisotopic (exact) mass is 239 g/mol. The Kier molecular flexibility index (Phi) is 5.65. The summed E-state index contributed by atoms with van der Waals surface area (Å²) in [5.41, 5.74) is 1.30. The summed E-state index contributed by atoms with van der Waals surface area (Å²) in [6.07, 6.45) is 5.09. The Morgan fingerprint density at radius 2 is 2.18 bits per heavy atom. The average Bonchev–Trinajstić information content (AvgIpc) is 2.71. The third kappa shape index (κ3) is 5.33. The molecule has 0 radical (unpaired) electrons. The molecule has 98 valence electrons. The second-order valence-electron chi connectivity index (χ2n) is 5.19. The molecule has 0 aliphatic carbocycles. The molecular weight excluding hydrogens is 214 g/mol. The Labute approximate surface area is 104 Å². The zero-order valence-corrected chi connectivity index (χ0v) is 11.5. The molecule has 4 nitrogen and oxygen atoms in total. The van der Waals surface area contributed by atoms with E-state index >= 15 is 0 Å². The van der Waals surface area contributed by atoms with Crippen molar-refractivity contribution in [2.24, 2.45) is 0 Å². The standard InChI is InChI=1S/C13H25N3O/c1-5-17-8-6-7-14-9-12-10-15-16(11-12)13(2,3)4/h10-11,14H,5-9H2,1-4H3. The van der Waals surface area contributed by atoms with E-state index in [1.807, 2.05) is 17.8 Å². The van der Waals surface area contributed by atoms with E-state index in [0.29, 0.717) is 0 Å². The number of hydrogen-bond donors (Lipinski definition) is 1. The summed E-state index contributed by atoms with van der Waals surface area (Å²) < 4.78 is 7.28. The van der Waals surface area contributed by atoms with E-state index in [9.17, 15) is 0 Å². The van der Waals surface area contributed by atoms with Crippen LogP contribution in [0.1, 0.15) is 39.7 Å². The molecule has 0 aromatic carbocycles. The molecule has 1 aromatic heterocycles. The summed E-state index contributed by atoms with van der Waals surface area (Å²) in [7, 11) is 0. The number of nitrogens with zero attached hydrogens (tertiary/aromatic N) is 2. The van der Waals surface area contributed by atoms with Gasteiger partial charge in [0.2, 0.25) is 0 Å². The molecular formula is C13H25N3O. The first-order chi connectivity index (χ1) is 8.04. The normalized spacial score (nSPS) is 12.0. The van der Waals surface area contributed by atoms with Crippen LogP contribution in [0.25, 0.3) is 0 Å². The predicted molar refractivity (Wildman–Crippen MR) is 70.0 cm³/mol. The van der Waals surface area contributed by atoms with Crippen LogP contribution in [-0.2, 0) is 16.8 Å². The van der Waals surface area contributed by atoms with Crippen molar-refractivity contribution in [3.63, 3.8) is 0 Å². The molecule has 0 saturated heterocycles. The van der Waals surface area contributed by atoms with Crippen LogP contribution < -0.4 is 5.32 Å². The van der Waals surface area contributed by atoms with Gasteiger partial charge in [0.05, 0.1) is 11.7 Å². The molecule has 0 aliphatic rings. The van der Waals surface area contributed by atoms with E-state index in [1.54, 1.807) is 0 Å². The lowest BCUT2D eigenvalue weighted by Crippen LogP contribution is -2.22. The largest absolute Gasteiger partial charge is 0.382 e. The maximum absolute atomic E-state index is 5.28. The van der Waals surface area contributed by atoms with Crippen LogP contribution >= 0.6 is 0 Å². The number of rotatable bonds is 7. The molecule has 0 spiro atoms. The summed E-state index contributed by atoms with van der Waals surface area (Å²) in [4.78, 5) is 0. The molecule has 1 rings (SSSR count). The van der Waals surface area contributed by atoms with Crippen LogP contribution in [-0.4, -0.2) is 29.5 Å². The van der Waals surface area contributed by atoms with Crippen LogP contribution in [0.15, 0.2) is 12.4 Å². The van der Waals surface area contributed by atoms with Crippen molar-refractivity contribution in [2.45, 2.75) is 46.2 Å². The summed E-state index contributed by atoms with van der Waals surface area (Å²) in [5.74, 6) is 0. The van der Waals surface area contributed by atoms with Crippen molar-refractivity contribution < 1.29 is 4.74 Å².